The highest BCUT2D eigenvalue weighted by Gasteiger charge is 2.42. The standard InChI is InChI=1S/C14H25NO4/c1-19-10-6-2-5-9-15-12(16)11-14(13(17)18)7-3-4-8-14/h2-11H2,1H3,(H,15,16)(H,17,18). The lowest BCUT2D eigenvalue weighted by atomic mass is 9.82. The van der Waals surface area contributed by atoms with Gasteiger partial charge in [-0.05, 0) is 32.1 Å². The number of aliphatic carboxylic acids is 1. The molecular weight excluding hydrogens is 246 g/mol. The number of nitrogens with one attached hydrogen (secondary N) is 1. The molecule has 0 unspecified atom stereocenters. The topological polar surface area (TPSA) is 75.6 Å². The average molecular weight is 271 g/mol. The summed E-state index contributed by atoms with van der Waals surface area (Å²) in [6.07, 6.45) is 6.12. The molecule has 110 valence electrons. The molecule has 2 N–H and O–H groups in total. The summed E-state index contributed by atoms with van der Waals surface area (Å²) in [7, 11) is 1.68. The van der Waals surface area contributed by atoms with Gasteiger partial charge < -0.3 is 15.2 Å². The highest BCUT2D eigenvalue weighted by atomic mass is 16.5. The molecular formula is C14H25NO4. The van der Waals surface area contributed by atoms with Crippen molar-refractivity contribution >= 4 is 11.9 Å². The molecule has 0 aromatic rings. The van der Waals surface area contributed by atoms with Crippen molar-refractivity contribution in [2.75, 3.05) is 20.3 Å². The molecule has 5 nitrogen and oxygen atoms in total. The van der Waals surface area contributed by atoms with Gasteiger partial charge in [-0.2, -0.15) is 0 Å². The average Bonchev–Trinajstić information content (AvgIpc) is 2.83. The zero-order chi connectivity index (χ0) is 14.1. The number of ether oxygens (including phenoxy) is 1. The van der Waals surface area contributed by atoms with Crippen LogP contribution in [0.5, 0.6) is 0 Å². The number of amides is 1. The van der Waals surface area contributed by atoms with Crippen LogP contribution < -0.4 is 5.32 Å². The van der Waals surface area contributed by atoms with Gasteiger partial charge in [-0.1, -0.05) is 12.8 Å². The van der Waals surface area contributed by atoms with E-state index in [2.05, 4.69) is 5.32 Å². The Labute approximate surface area is 114 Å². The lowest BCUT2D eigenvalue weighted by Crippen LogP contribution is -2.36. The van der Waals surface area contributed by atoms with Gasteiger partial charge in [0.15, 0.2) is 0 Å². The maximum absolute atomic E-state index is 11.8. The maximum atomic E-state index is 11.8. The summed E-state index contributed by atoms with van der Waals surface area (Å²) in [5, 5.41) is 12.1. The van der Waals surface area contributed by atoms with Gasteiger partial charge >= 0.3 is 5.97 Å². The molecule has 1 amide bonds. The first kappa shape index (κ1) is 16.0. The van der Waals surface area contributed by atoms with Crippen molar-refractivity contribution in [3.05, 3.63) is 0 Å². The van der Waals surface area contributed by atoms with E-state index < -0.39 is 11.4 Å². The molecule has 1 aliphatic carbocycles. The second-order valence-corrected chi connectivity index (χ2v) is 5.37. The summed E-state index contributed by atoms with van der Waals surface area (Å²) in [6.45, 7) is 1.37. The van der Waals surface area contributed by atoms with Crippen molar-refractivity contribution < 1.29 is 19.4 Å². The number of carboxylic acids is 1. The van der Waals surface area contributed by atoms with Crippen LogP contribution in [0.25, 0.3) is 0 Å². The minimum absolute atomic E-state index is 0.125. The van der Waals surface area contributed by atoms with Crippen LogP contribution in [0.2, 0.25) is 0 Å². The predicted molar refractivity (Wildman–Crippen MR) is 71.9 cm³/mol. The van der Waals surface area contributed by atoms with Gasteiger partial charge in [-0.25, -0.2) is 0 Å². The molecule has 0 heterocycles. The molecule has 0 aliphatic heterocycles. The van der Waals surface area contributed by atoms with E-state index in [0.29, 0.717) is 19.4 Å². The molecule has 0 aromatic carbocycles. The van der Waals surface area contributed by atoms with Crippen molar-refractivity contribution in [1.29, 1.82) is 0 Å². The molecule has 0 spiro atoms. The SMILES string of the molecule is COCCCCCNC(=O)CC1(C(=O)O)CCCC1. The van der Waals surface area contributed by atoms with E-state index in [-0.39, 0.29) is 12.3 Å². The van der Waals surface area contributed by atoms with Gasteiger partial charge in [-0.15, -0.1) is 0 Å². The highest BCUT2D eigenvalue weighted by Crippen LogP contribution is 2.41. The van der Waals surface area contributed by atoms with Crippen molar-refractivity contribution in [3.8, 4) is 0 Å². The Morgan fingerprint density at radius 3 is 2.47 bits per heavy atom. The third-order valence-electron chi connectivity index (χ3n) is 3.86. The molecule has 0 radical (unpaired) electrons. The van der Waals surface area contributed by atoms with Crippen LogP contribution in [-0.2, 0) is 14.3 Å². The molecule has 19 heavy (non-hydrogen) atoms. The van der Waals surface area contributed by atoms with E-state index in [4.69, 9.17) is 4.74 Å². The number of hydrogen-bond acceptors (Lipinski definition) is 3. The summed E-state index contributed by atoms with van der Waals surface area (Å²) in [4.78, 5) is 23.1. The number of carbonyl (C=O) groups is 2. The van der Waals surface area contributed by atoms with Gasteiger partial charge in [0.25, 0.3) is 0 Å². The zero-order valence-corrected chi connectivity index (χ0v) is 11.7. The van der Waals surface area contributed by atoms with Gasteiger partial charge in [0.05, 0.1) is 5.41 Å². The number of carboxylic acid groups (broad SMARTS) is 1. The molecule has 1 aliphatic rings. The number of carbonyl (C=O) groups excluding carboxylic acids is 1. The molecule has 0 aromatic heterocycles. The van der Waals surface area contributed by atoms with Crippen LogP contribution in [0.1, 0.15) is 51.4 Å². The molecule has 0 bridgehead atoms. The lowest BCUT2D eigenvalue weighted by Gasteiger charge is -2.22. The number of rotatable bonds is 9. The minimum Gasteiger partial charge on any atom is -0.481 e. The number of methoxy groups -OCH3 is 1. The van der Waals surface area contributed by atoms with Crippen LogP contribution in [0, 0.1) is 5.41 Å². The van der Waals surface area contributed by atoms with Gasteiger partial charge in [0.2, 0.25) is 5.91 Å². The fraction of sp³-hybridized carbons (Fsp3) is 0.857. The Morgan fingerprint density at radius 2 is 1.89 bits per heavy atom. The van der Waals surface area contributed by atoms with E-state index in [1.54, 1.807) is 7.11 Å². The smallest absolute Gasteiger partial charge is 0.310 e. The molecule has 0 saturated heterocycles. The summed E-state index contributed by atoms with van der Waals surface area (Å²) in [6, 6.07) is 0. The van der Waals surface area contributed by atoms with Crippen LogP contribution >= 0.6 is 0 Å². The third kappa shape index (κ3) is 5.19. The quantitative estimate of drug-likeness (QED) is 0.628. The van der Waals surface area contributed by atoms with Crippen LogP contribution in [-0.4, -0.2) is 37.2 Å². The second kappa shape index (κ2) is 8.15. The third-order valence-corrected chi connectivity index (χ3v) is 3.86. The number of hydrogen-bond donors (Lipinski definition) is 2. The second-order valence-electron chi connectivity index (χ2n) is 5.37. The summed E-state index contributed by atoms with van der Waals surface area (Å²) >= 11 is 0. The van der Waals surface area contributed by atoms with Gasteiger partial charge in [-0.3, -0.25) is 9.59 Å². The minimum atomic E-state index is -0.819. The molecule has 1 fully saturated rings. The van der Waals surface area contributed by atoms with Crippen LogP contribution in [0.15, 0.2) is 0 Å². The normalized spacial score (nSPS) is 17.3. The molecule has 0 atom stereocenters. The Bertz CT molecular complexity index is 298. The summed E-state index contributed by atoms with van der Waals surface area (Å²) < 4.78 is 4.95. The van der Waals surface area contributed by atoms with E-state index in [0.717, 1.165) is 38.7 Å². The Kier molecular flexibility index (Phi) is 6.84. The zero-order valence-electron chi connectivity index (χ0n) is 11.7. The van der Waals surface area contributed by atoms with Crippen LogP contribution in [0.3, 0.4) is 0 Å². The fourth-order valence-corrected chi connectivity index (χ4v) is 2.66. The van der Waals surface area contributed by atoms with E-state index in [9.17, 15) is 14.7 Å². The van der Waals surface area contributed by atoms with E-state index >= 15 is 0 Å². The Morgan fingerprint density at radius 1 is 1.21 bits per heavy atom. The number of unbranched alkanes of at least 4 members (excludes halogenated alkanes) is 2. The van der Waals surface area contributed by atoms with E-state index in [1.165, 1.54) is 0 Å². The largest absolute Gasteiger partial charge is 0.481 e. The van der Waals surface area contributed by atoms with Crippen molar-refractivity contribution in [2.45, 2.75) is 51.4 Å². The van der Waals surface area contributed by atoms with E-state index in [1.807, 2.05) is 0 Å². The first-order valence-corrected chi connectivity index (χ1v) is 7.10. The summed E-state index contributed by atoms with van der Waals surface area (Å²) in [5.41, 5.74) is -0.805. The monoisotopic (exact) mass is 271 g/mol. The molecule has 5 heteroatoms. The van der Waals surface area contributed by atoms with Gasteiger partial charge in [0.1, 0.15) is 0 Å². The summed E-state index contributed by atoms with van der Waals surface area (Å²) in [5.74, 6) is -0.948. The predicted octanol–water partition coefficient (Wildman–Crippen LogP) is 1.95. The Hall–Kier alpha value is -1.10. The van der Waals surface area contributed by atoms with Crippen LogP contribution in [0.4, 0.5) is 0 Å². The fourth-order valence-electron chi connectivity index (χ4n) is 2.66. The van der Waals surface area contributed by atoms with Crippen molar-refractivity contribution in [3.63, 3.8) is 0 Å². The first-order valence-electron chi connectivity index (χ1n) is 7.10. The highest BCUT2D eigenvalue weighted by molar-refractivity contribution is 5.85. The van der Waals surface area contributed by atoms with Crippen molar-refractivity contribution in [2.24, 2.45) is 5.41 Å². The Balaban J connectivity index is 2.21. The maximum Gasteiger partial charge on any atom is 0.310 e. The van der Waals surface area contributed by atoms with Crippen molar-refractivity contribution in [1.82, 2.24) is 5.32 Å². The first-order chi connectivity index (χ1) is 9.10. The molecule has 1 rings (SSSR count). The van der Waals surface area contributed by atoms with Gasteiger partial charge in [0, 0.05) is 26.7 Å². The lowest BCUT2D eigenvalue weighted by molar-refractivity contribution is -0.151. The molecule has 1 saturated carbocycles.